The van der Waals surface area contributed by atoms with E-state index in [1.165, 1.54) is 30.4 Å². The summed E-state index contributed by atoms with van der Waals surface area (Å²) in [4.78, 5) is 14.6. The van der Waals surface area contributed by atoms with Crippen molar-refractivity contribution >= 4 is 5.91 Å². The van der Waals surface area contributed by atoms with E-state index < -0.39 is 6.10 Å². The molecule has 1 saturated heterocycles. The lowest BCUT2D eigenvalue weighted by molar-refractivity contribution is -0.128. The van der Waals surface area contributed by atoms with Gasteiger partial charge in [-0.25, -0.2) is 0 Å². The van der Waals surface area contributed by atoms with E-state index in [9.17, 15) is 4.79 Å². The number of carbonyl (C=O) groups excluding carboxylic acids is 1. The number of amides is 1. The monoisotopic (exact) mass is 316 g/mol. The van der Waals surface area contributed by atoms with Gasteiger partial charge in [0, 0.05) is 6.04 Å². The summed E-state index contributed by atoms with van der Waals surface area (Å²) in [5, 5.41) is 3.13. The minimum atomic E-state index is -0.448. The number of nitrogens with zero attached hydrogens (tertiary/aromatic N) is 1. The van der Waals surface area contributed by atoms with Crippen molar-refractivity contribution in [3.8, 4) is 5.75 Å². The van der Waals surface area contributed by atoms with Crippen molar-refractivity contribution in [2.75, 3.05) is 20.1 Å². The Balaban J connectivity index is 1.54. The Bertz CT molecular complexity index is 550. The summed E-state index contributed by atoms with van der Waals surface area (Å²) in [6.45, 7) is 3.93. The van der Waals surface area contributed by atoms with Gasteiger partial charge in [0.25, 0.3) is 5.91 Å². The largest absolute Gasteiger partial charge is 0.481 e. The SMILES string of the molecule is C[C@H](Oc1ccc2c(c1)CCCC2)C(=O)NC1CCN(C)CC1. The zero-order chi connectivity index (χ0) is 16.2. The van der Waals surface area contributed by atoms with Crippen molar-refractivity contribution < 1.29 is 9.53 Å². The Morgan fingerprint density at radius 1 is 1.22 bits per heavy atom. The summed E-state index contributed by atoms with van der Waals surface area (Å²) in [6, 6.07) is 6.57. The number of carbonyl (C=O) groups is 1. The molecule has 0 saturated carbocycles. The van der Waals surface area contributed by atoms with Gasteiger partial charge in [-0.2, -0.15) is 0 Å². The molecular formula is C19H28N2O2. The lowest BCUT2D eigenvalue weighted by Gasteiger charge is -2.30. The molecule has 3 rings (SSSR count). The van der Waals surface area contributed by atoms with Crippen LogP contribution in [0, 0.1) is 0 Å². The molecule has 1 heterocycles. The molecule has 1 aromatic carbocycles. The van der Waals surface area contributed by atoms with Crippen molar-refractivity contribution in [1.29, 1.82) is 0 Å². The average molecular weight is 316 g/mol. The first-order chi connectivity index (χ1) is 11.1. The Labute approximate surface area is 139 Å². The number of likely N-dealkylation sites (tertiary alicyclic amines) is 1. The van der Waals surface area contributed by atoms with Crippen molar-refractivity contribution in [3.05, 3.63) is 29.3 Å². The van der Waals surface area contributed by atoms with Gasteiger partial charge in [0.05, 0.1) is 0 Å². The van der Waals surface area contributed by atoms with Gasteiger partial charge in [0.1, 0.15) is 5.75 Å². The molecule has 0 bridgehead atoms. The Morgan fingerprint density at radius 2 is 1.91 bits per heavy atom. The van der Waals surface area contributed by atoms with Gasteiger partial charge in [0.2, 0.25) is 0 Å². The van der Waals surface area contributed by atoms with Crippen LogP contribution in [0.2, 0.25) is 0 Å². The third-order valence-corrected chi connectivity index (χ3v) is 5.07. The summed E-state index contributed by atoms with van der Waals surface area (Å²) in [5.41, 5.74) is 2.82. The van der Waals surface area contributed by atoms with Crippen molar-refractivity contribution in [2.24, 2.45) is 0 Å². The van der Waals surface area contributed by atoms with E-state index in [1.54, 1.807) is 0 Å². The van der Waals surface area contributed by atoms with Gasteiger partial charge in [-0.15, -0.1) is 0 Å². The predicted octanol–water partition coefficient (Wildman–Crippen LogP) is 2.54. The molecule has 0 spiro atoms. The molecule has 4 heteroatoms. The number of rotatable bonds is 4. The lowest BCUT2D eigenvalue weighted by atomic mass is 9.92. The van der Waals surface area contributed by atoms with E-state index in [1.807, 2.05) is 13.0 Å². The van der Waals surface area contributed by atoms with Gasteiger partial charge in [-0.05, 0) is 88.8 Å². The standard InChI is InChI=1S/C19H28N2O2/c1-14(19(22)20-17-9-11-21(2)12-10-17)23-18-8-7-15-5-3-4-6-16(15)13-18/h7-8,13-14,17H,3-6,9-12H2,1-2H3,(H,20,22)/t14-/m0/s1. The molecular weight excluding hydrogens is 288 g/mol. The maximum Gasteiger partial charge on any atom is 0.260 e. The Kier molecular flexibility index (Phi) is 5.21. The van der Waals surface area contributed by atoms with Crippen LogP contribution in [0.25, 0.3) is 0 Å². The van der Waals surface area contributed by atoms with E-state index >= 15 is 0 Å². The molecule has 1 aliphatic carbocycles. The van der Waals surface area contributed by atoms with Gasteiger partial charge in [-0.3, -0.25) is 4.79 Å². The number of ether oxygens (including phenoxy) is 1. The van der Waals surface area contributed by atoms with Gasteiger partial charge in [0.15, 0.2) is 6.10 Å². The highest BCUT2D eigenvalue weighted by Crippen LogP contribution is 2.25. The fourth-order valence-corrected chi connectivity index (χ4v) is 3.51. The van der Waals surface area contributed by atoms with Crippen LogP contribution in [0.1, 0.15) is 43.7 Å². The van der Waals surface area contributed by atoms with E-state index in [0.29, 0.717) is 0 Å². The van der Waals surface area contributed by atoms with Gasteiger partial charge >= 0.3 is 0 Å². The first kappa shape index (κ1) is 16.3. The third kappa shape index (κ3) is 4.25. The fourth-order valence-electron chi connectivity index (χ4n) is 3.51. The maximum absolute atomic E-state index is 12.3. The molecule has 23 heavy (non-hydrogen) atoms. The van der Waals surface area contributed by atoms with Gasteiger partial charge < -0.3 is 15.0 Å². The second-order valence-electron chi connectivity index (χ2n) is 6.98. The lowest BCUT2D eigenvalue weighted by Crippen LogP contribution is -2.47. The number of hydrogen-bond donors (Lipinski definition) is 1. The molecule has 2 aliphatic rings. The summed E-state index contributed by atoms with van der Waals surface area (Å²) in [5.74, 6) is 0.814. The second kappa shape index (κ2) is 7.35. The van der Waals surface area contributed by atoms with Crippen LogP contribution in [-0.2, 0) is 17.6 Å². The van der Waals surface area contributed by atoms with Crippen LogP contribution in [0.5, 0.6) is 5.75 Å². The molecule has 0 unspecified atom stereocenters. The minimum Gasteiger partial charge on any atom is -0.481 e. The predicted molar refractivity (Wildman–Crippen MR) is 91.8 cm³/mol. The summed E-state index contributed by atoms with van der Waals surface area (Å²) >= 11 is 0. The zero-order valence-corrected chi connectivity index (χ0v) is 14.3. The molecule has 1 fully saturated rings. The molecule has 1 aromatic rings. The molecule has 4 nitrogen and oxygen atoms in total. The molecule has 1 amide bonds. The summed E-state index contributed by atoms with van der Waals surface area (Å²) in [6.07, 6.45) is 6.42. The van der Waals surface area contributed by atoms with Crippen LogP contribution < -0.4 is 10.1 Å². The smallest absolute Gasteiger partial charge is 0.260 e. The van der Waals surface area contributed by atoms with Gasteiger partial charge in [-0.1, -0.05) is 6.07 Å². The van der Waals surface area contributed by atoms with E-state index in [-0.39, 0.29) is 11.9 Å². The van der Waals surface area contributed by atoms with E-state index in [4.69, 9.17) is 4.74 Å². The van der Waals surface area contributed by atoms with E-state index in [0.717, 1.165) is 38.1 Å². The number of benzene rings is 1. The number of hydrogen-bond acceptors (Lipinski definition) is 3. The molecule has 1 atom stereocenters. The second-order valence-corrected chi connectivity index (χ2v) is 6.98. The molecule has 1 N–H and O–H groups in total. The third-order valence-electron chi connectivity index (χ3n) is 5.07. The van der Waals surface area contributed by atoms with Crippen molar-refractivity contribution in [2.45, 2.75) is 57.6 Å². The summed E-state index contributed by atoms with van der Waals surface area (Å²) in [7, 11) is 2.12. The first-order valence-corrected chi connectivity index (χ1v) is 8.89. The fraction of sp³-hybridized carbons (Fsp3) is 0.632. The average Bonchev–Trinajstić information content (AvgIpc) is 2.56. The van der Waals surface area contributed by atoms with Crippen LogP contribution in [0.4, 0.5) is 0 Å². The van der Waals surface area contributed by atoms with Crippen molar-refractivity contribution in [1.82, 2.24) is 10.2 Å². The van der Waals surface area contributed by atoms with Crippen molar-refractivity contribution in [3.63, 3.8) is 0 Å². The van der Waals surface area contributed by atoms with E-state index in [2.05, 4.69) is 29.4 Å². The number of fused-ring (bicyclic) bond motifs is 1. The molecule has 1 aliphatic heterocycles. The zero-order valence-electron chi connectivity index (χ0n) is 14.3. The number of aryl methyl sites for hydroxylation is 2. The Hall–Kier alpha value is -1.55. The molecule has 0 aromatic heterocycles. The first-order valence-electron chi connectivity index (χ1n) is 8.89. The molecule has 126 valence electrons. The topological polar surface area (TPSA) is 41.6 Å². The van der Waals surface area contributed by atoms with Crippen LogP contribution in [0.3, 0.4) is 0 Å². The minimum absolute atomic E-state index is 0.00252. The molecule has 0 radical (unpaired) electrons. The highest BCUT2D eigenvalue weighted by molar-refractivity contribution is 5.81. The highest BCUT2D eigenvalue weighted by Gasteiger charge is 2.22. The normalized spacial score (nSPS) is 20.6. The summed E-state index contributed by atoms with van der Waals surface area (Å²) < 4.78 is 5.88. The number of nitrogens with one attached hydrogen (secondary N) is 1. The Morgan fingerprint density at radius 3 is 2.65 bits per heavy atom. The highest BCUT2D eigenvalue weighted by atomic mass is 16.5. The number of piperidine rings is 1. The van der Waals surface area contributed by atoms with Crippen LogP contribution in [0.15, 0.2) is 18.2 Å². The maximum atomic E-state index is 12.3. The van der Waals surface area contributed by atoms with Crippen LogP contribution in [-0.4, -0.2) is 43.1 Å². The van der Waals surface area contributed by atoms with Crippen LogP contribution >= 0.6 is 0 Å². The quantitative estimate of drug-likeness (QED) is 0.928.